The van der Waals surface area contributed by atoms with Crippen LogP contribution in [0.1, 0.15) is 47.6 Å². The molecule has 0 spiro atoms. The quantitative estimate of drug-likeness (QED) is 0.210. The molecule has 196 valence electrons. The highest BCUT2D eigenvalue weighted by molar-refractivity contribution is 5.94. The lowest BCUT2D eigenvalue weighted by molar-refractivity contribution is 0.418. The first kappa shape index (κ1) is 26.4. The first-order chi connectivity index (χ1) is 18.9. The second-order valence-electron chi connectivity index (χ2n) is 10.6. The summed E-state index contributed by atoms with van der Waals surface area (Å²) in [6.07, 6.45) is 0.492. The van der Waals surface area contributed by atoms with Crippen LogP contribution in [0.4, 0.5) is 4.39 Å². The topological polar surface area (TPSA) is 9.23 Å². The van der Waals surface area contributed by atoms with E-state index >= 15 is 4.39 Å². The number of aryl methyl sites for hydroxylation is 2. The van der Waals surface area contributed by atoms with E-state index in [1.807, 2.05) is 36.4 Å². The van der Waals surface area contributed by atoms with Gasteiger partial charge in [0.15, 0.2) is 0 Å². The molecule has 39 heavy (non-hydrogen) atoms. The van der Waals surface area contributed by atoms with E-state index in [4.69, 9.17) is 4.74 Å². The Labute approximate surface area is 231 Å². The van der Waals surface area contributed by atoms with E-state index in [0.717, 1.165) is 44.7 Å². The molecular weight excluding hydrogens is 479 g/mol. The molecule has 2 heteroatoms. The summed E-state index contributed by atoms with van der Waals surface area (Å²) in [6.45, 7) is 8.65. The number of benzene rings is 5. The van der Waals surface area contributed by atoms with Crippen molar-refractivity contribution in [3.05, 3.63) is 137 Å². The predicted molar refractivity (Wildman–Crippen MR) is 162 cm³/mol. The van der Waals surface area contributed by atoms with Gasteiger partial charge in [-0.15, -0.1) is 0 Å². The van der Waals surface area contributed by atoms with Crippen LogP contribution in [0.5, 0.6) is 5.75 Å². The summed E-state index contributed by atoms with van der Waals surface area (Å²) in [5.41, 5.74) is 11.4. The molecule has 0 aliphatic rings. The van der Waals surface area contributed by atoms with Gasteiger partial charge in [-0.3, -0.25) is 0 Å². The summed E-state index contributed by atoms with van der Waals surface area (Å²) in [7, 11) is 1.71. The fraction of sp³-hybridized carbons (Fsp3) is 0.189. The number of rotatable bonds is 7. The van der Waals surface area contributed by atoms with E-state index < -0.39 is 0 Å². The Morgan fingerprint density at radius 2 is 1.36 bits per heavy atom. The summed E-state index contributed by atoms with van der Waals surface area (Å²) < 4.78 is 21.8. The van der Waals surface area contributed by atoms with Gasteiger partial charge in [0, 0.05) is 23.1 Å². The molecule has 1 nitrogen and oxygen atoms in total. The Morgan fingerprint density at radius 3 is 2.03 bits per heavy atom. The fourth-order valence-corrected chi connectivity index (χ4v) is 5.26. The van der Waals surface area contributed by atoms with Crippen molar-refractivity contribution in [1.82, 2.24) is 0 Å². The van der Waals surface area contributed by atoms with E-state index in [1.54, 1.807) is 19.2 Å². The molecule has 0 fully saturated rings. The van der Waals surface area contributed by atoms with Crippen LogP contribution in [-0.2, 0) is 6.42 Å². The van der Waals surface area contributed by atoms with Crippen molar-refractivity contribution in [2.24, 2.45) is 0 Å². The van der Waals surface area contributed by atoms with Gasteiger partial charge in [-0.1, -0.05) is 105 Å². The van der Waals surface area contributed by atoms with Gasteiger partial charge in [-0.2, -0.15) is 0 Å². The van der Waals surface area contributed by atoms with E-state index in [9.17, 15) is 0 Å². The first-order valence-electron chi connectivity index (χ1n) is 13.6. The predicted octanol–water partition coefficient (Wildman–Crippen LogP) is 10.2. The van der Waals surface area contributed by atoms with E-state index in [-0.39, 0.29) is 5.82 Å². The number of halogens is 1. The molecule has 0 aromatic heterocycles. The Morgan fingerprint density at radius 1 is 0.667 bits per heavy atom. The van der Waals surface area contributed by atoms with Crippen LogP contribution < -0.4 is 4.74 Å². The number of ether oxygens (including phenoxy) is 1. The molecule has 0 aliphatic heterocycles. The lowest BCUT2D eigenvalue weighted by atomic mass is 9.85. The van der Waals surface area contributed by atoms with Gasteiger partial charge < -0.3 is 4.74 Å². The maximum absolute atomic E-state index is 15.6. The molecule has 0 unspecified atom stereocenters. The lowest BCUT2D eigenvalue weighted by Gasteiger charge is -2.22. The molecule has 0 radical (unpaired) electrons. The SMILES string of the molecule is COc1c(-c2ccc(C(C)C)cc2)ccc(-c2ccc(C)c(C)c2)c1-c1cccc(F)c1Cc1ccccc1. The zero-order valence-corrected chi connectivity index (χ0v) is 23.4. The van der Waals surface area contributed by atoms with Gasteiger partial charge in [0.1, 0.15) is 11.6 Å². The lowest BCUT2D eigenvalue weighted by Crippen LogP contribution is -2.01. The highest BCUT2D eigenvalue weighted by Gasteiger charge is 2.22. The third kappa shape index (κ3) is 5.38. The molecule has 0 saturated heterocycles. The minimum Gasteiger partial charge on any atom is -0.495 e. The zero-order chi connectivity index (χ0) is 27.5. The van der Waals surface area contributed by atoms with Crippen LogP contribution in [0.2, 0.25) is 0 Å². The molecule has 5 rings (SSSR count). The summed E-state index contributed by atoms with van der Waals surface area (Å²) in [4.78, 5) is 0. The van der Waals surface area contributed by atoms with Crippen LogP contribution in [0.25, 0.3) is 33.4 Å². The van der Waals surface area contributed by atoms with Gasteiger partial charge in [0.25, 0.3) is 0 Å². The van der Waals surface area contributed by atoms with E-state index in [2.05, 4.69) is 82.3 Å². The monoisotopic (exact) mass is 514 g/mol. The first-order valence-corrected chi connectivity index (χ1v) is 13.6. The molecule has 5 aromatic rings. The van der Waals surface area contributed by atoms with Crippen LogP contribution in [0.15, 0.2) is 103 Å². The normalized spacial score (nSPS) is 11.2. The minimum absolute atomic E-state index is 0.212. The van der Waals surface area contributed by atoms with Crippen molar-refractivity contribution in [2.45, 2.75) is 40.0 Å². The van der Waals surface area contributed by atoms with Crippen molar-refractivity contribution < 1.29 is 9.13 Å². The van der Waals surface area contributed by atoms with E-state index in [1.165, 1.54) is 16.7 Å². The second-order valence-corrected chi connectivity index (χ2v) is 10.6. The third-order valence-electron chi connectivity index (χ3n) is 7.68. The van der Waals surface area contributed by atoms with Gasteiger partial charge >= 0.3 is 0 Å². The molecule has 0 N–H and O–H groups in total. The van der Waals surface area contributed by atoms with Gasteiger partial charge in [0.05, 0.1) is 7.11 Å². The Bertz CT molecular complexity index is 1600. The average Bonchev–Trinajstić information content (AvgIpc) is 2.95. The standard InChI is InChI=1S/C37H35FO/c1-24(2)28-16-18-29(19-17-28)32-21-20-31(30-15-14-25(3)26(4)22-30)36(37(32)39-5)33-12-9-13-35(38)34(33)23-27-10-7-6-8-11-27/h6-22,24H,23H2,1-5H3. The van der Waals surface area contributed by atoms with Gasteiger partial charge in [-0.25, -0.2) is 4.39 Å². The molecule has 0 aliphatic carbocycles. The summed E-state index contributed by atoms with van der Waals surface area (Å²) in [5, 5.41) is 0. The van der Waals surface area contributed by atoms with Crippen LogP contribution in [0, 0.1) is 19.7 Å². The fourth-order valence-electron chi connectivity index (χ4n) is 5.26. The van der Waals surface area contributed by atoms with Crippen LogP contribution in [-0.4, -0.2) is 7.11 Å². The molecular formula is C37H35FO. The van der Waals surface area contributed by atoms with Crippen LogP contribution >= 0.6 is 0 Å². The number of hydrogen-bond acceptors (Lipinski definition) is 1. The number of methoxy groups -OCH3 is 1. The Kier molecular flexibility index (Phi) is 7.65. The Balaban J connectivity index is 1.79. The van der Waals surface area contributed by atoms with Crippen LogP contribution in [0.3, 0.4) is 0 Å². The minimum atomic E-state index is -0.212. The smallest absolute Gasteiger partial charge is 0.135 e. The Hall–Kier alpha value is -4.17. The summed E-state index contributed by atoms with van der Waals surface area (Å²) >= 11 is 0. The zero-order valence-electron chi connectivity index (χ0n) is 23.4. The molecule has 0 atom stereocenters. The van der Waals surface area contributed by atoms with Crippen molar-refractivity contribution in [3.8, 4) is 39.1 Å². The van der Waals surface area contributed by atoms with Gasteiger partial charge in [0.2, 0.25) is 0 Å². The molecule has 0 saturated carbocycles. The van der Waals surface area contributed by atoms with Crippen molar-refractivity contribution in [3.63, 3.8) is 0 Å². The molecule has 0 heterocycles. The number of hydrogen-bond donors (Lipinski definition) is 0. The molecule has 0 amide bonds. The second kappa shape index (κ2) is 11.3. The highest BCUT2D eigenvalue weighted by Crippen LogP contribution is 2.47. The summed E-state index contributed by atoms with van der Waals surface area (Å²) in [6, 6.07) is 34.9. The maximum Gasteiger partial charge on any atom is 0.135 e. The van der Waals surface area contributed by atoms with E-state index in [0.29, 0.717) is 17.9 Å². The van der Waals surface area contributed by atoms with Crippen molar-refractivity contribution >= 4 is 0 Å². The van der Waals surface area contributed by atoms with Crippen molar-refractivity contribution in [1.29, 1.82) is 0 Å². The third-order valence-corrected chi connectivity index (χ3v) is 7.68. The largest absolute Gasteiger partial charge is 0.495 e. The van der Waals surface area contributed by atoms with Gasteiger partial charge in [-0.05, 0) is 76.4 Å². The molecule has 0 bridgehead atoms. The van der Waals surface area contributed by atoms with Crippen molar-refractivity contribution in [2.75, 3.05) is 7.11 Å². The highest BCUT2D eigenvalue weighted by atomic mass is 19.1. The average molecular weight is 515 g/mol. The summed E-state index contributed by atoms with van der Waals surface area (Å²) in [5.74, 6) is 0.996. The molecule has 5 aromatic carbocycles. The maximum atomic E-state index is 15.6.